The van der Waals surface area contributed by atoms with Gasteiger partial charge in [0.1, 0.15) is 0 Å². The first-order valence-corrected chi connectivity index (χ1v) is 12.7. The molecule has 11 heteroatoms. The van der Waals surface area contributed by atoms with Crippen molar-refractivity contribution in [1.29, 1.82) is 0 Å². The Bertz CT molecular complexity index is 1170. The molecule has 0 saturated heterocycles. The minimum atomic E-state index is -5.23. The van der Waals surface area contributed by atoms with Crippen LogP contribution in [0.2, 0.25) is 0 Å². The topological polar surface area (TPSA) is 103 Å². The average Bonchev–Trinajstić information content (AvgIpc) is 2.73. The number of nitrogens with one attached hydrogen (secondary N) is 1. The van der Waals surface area contributed by atoms with Crippen molar-refractivity contribution >= 4 is 30.0 Å². The van der Waals surface area contributed by atoms with Crippen LogP contribution in [-0.4, -0.2) is 38.2 Å². The molecule has 7 nitrogen and oxygen atoms in total. The van der Waals surface area contributed by atoms with Gasteiger partial charge in [-0.3, -0.25) is 0 Å². The third kappa shape index (κ3) is 5.28. The van der Waals surface area contributed by atoms with E-state index >= 15 is 0 Å². The summed E-state index contributed by atoms with van der Waals surface area (Å²) in [5.74, 6) is -0.444. The maximum absolute atomic E-state index is 13.2. The summed E-state index contributed by atoms with van der Waals surface area (Å²) in [6, 6.07) is 13.6. The van der Waals surface area contributed by atoms with Crippen molar-refractivity contribution in [2.24, 2.45) is 0 Å². The molecule has 0 aliphatic heterocycles. The van der Waals surface area contributed by atoms with Gasteiger partial charge < -0.3 is 0 Å². The second kappa shape index (κ2) is 9.30. The number of nitrogens with zero attached hydrogens (tertiary/aromatic N) is 2. The van der Waals surface area contributed by atoms with Crippen molar-refractivity contribution < 1.29 is 31.0 Å². The molecule has 1 atom stereocenters. The van der Waals surface area contributed by atoms with Gasteiger partial charge in [-0.15, -0.1) is 0 Å². The van der Waals surface area contributed by atoms with Gasteiger partial charge in [0, 0.05) is 0 Å². The van der Waals surface area contributed by atoms with E-state index < -0.39 is 31.7 Å². The normalized spacial score (nSPS) is 13.6. The van der Waals surface area contributed by atoms with E-state index in [-0.39, 0.29) is 27.8 Å². The van der Waals surface area contributed by atoms with Crippen LogP contribution in [0.3, 0.4) is 0 Å². The third-order valence-corrected chi connectivity index (χ3v) is 8.25. The van der Waals surface area contributed by atoms with E-state index in [0.717, 1.165) is 6.07 Å². The number of benzene rings is 2. The monoisotopic (exact) mass is 509 g/mol. The molecule has 2 aromatic carbocycles. The molecule has 0 radical (unpaired) electrons. The molecule has 0 aliphatic carbocycles. The Morgan fingerprint density at radius 1 is 1.09 bits per heavy atom. The Kier molecular flexibility index (Phi) is 6.90. The van der Waals surface area contributed by atoms with E-state index in [1.807, 2.05) is 0 Å². The fourth-order valence-corrected chi connectivity index (χ4v) is 5.83. The van der Waals surface area contributed by atoms with Crippen molar-refractivity contribution in [3.05, 3.63) is 78.0 Å². The molecule has 3 N–H and O–H groups in total. The van der Waals surface area contributed by atoms with E-state index in [1.54, 1.807) is 6.07 Å². The number of amides is 1. The summed E-state index contributed by atoms with van der Waals surface area (Å²) in [4.78, 5) is 15.2. The molecule has 32 heavy (non-hydrogen) atoms. The van der Waals surface area contributed by atoms with Crippen LogP contribution in [0.25, 0.3) is 11.3 Å². The van der Waals surface area contributed by atoms with Crippen LogP contribution in [-0.2, 0) is 21.3 Å². The Balaban J connectivity index is 1.84. The number of para-hydroxylation sites is 1. The molecule has 1 aromatic heterocycles. The van der Waals surface area contributed by atoms with Crippen LogP contribution in [0, 0.1) is 0 Å². The van der Waals surface area contributed by atoms with Gasteiger partial charge in [-0.1, -0.05) is 0 Å². The number of carbonyl (C=O) groups excluding carboxylic acids is 1. The summed E-state index contributed by atoms with van der Waals surface area (Å²) in [6.07, 6.45) is -3.32. The predicted molar refractivity (Wildman–Crippen MR) is 111 cm³/mol. The number of anilines is 1. The molecule has 0 spiro atoms. The van der Waals surface area contributed by atoms with Crippen molar-refractivity contribution in [3.8, 4) is 11.3 Å². The van der Waals surface area contributed by atoms with E-state index in [4.69, 9.17) is 0 Å². The first-order chi connectivity index (χ1) is 15.0. The SMILES string of the molecule is CC(=O)Nc1ccccc1[As](=O)(O)N(O)Cc1ccc(-c2ncccc2C(F)(F)F)cc1. The van der Waals surface area contributed by atoms with Crippen molar-refractivity contribution in [2.75, 3.05) is 5.32 Å². The van der Waals surface area contributed by atoms with Crippen LogP contribution in [0.4, 0.5) is 18.9 Å². The van der Waals surface area contributed by atoms with E-state index in [1.165, 1.54) is 61.7 Å². The number of carbonyl (C=O) groups is 1. The summed E-state index contributed by atoms with van der Waals surface area (Å²) in [6.45, 7) is 0.881. The predicted octanol–water partition coefficient (Wildman–Crippen LogP) is 3.19. The summed E-state index contributed by atoms with van der Waals surface area (Å²) in [5, 5.41) is 12.8. The number of hydroxylamine groups is 1. The second-order valence-electron chi connectivity index (χ2n) is 6.87. The van der Waals surface area contributed by atoms with E-state index in [9.17, 15) is 31.0 Å². The van der Waals surface area contributed by atoms with E-state index in [2.05, 4.69) is 10.3 Å². The number of alkyl halides is 3. The third-order valence-electron chi connectivity index (χ3n) is 4.51. The van der Waals surface area contributed by atoms with Crippen molar-refractivity contribution in [1.82, 2.24) is 8.96 Å². The van der Waals surface area contributed by atoms with Gasteiger partial charge in [0.05, 0.1) is 0 Å². The number of hydrogen-bond acceptors (Lipinski definition) is 4. The molecule has 3 aromatic rings. The zero-order valence-corrected chi connectivity index (χ0v) is 18.6. The molecule has 0 bridgehead atoms. The van der Waals surface area contributed by atoms with Crippen LogP contribution in [0.5, 0.6) is 0 Å². The summed E-state index contributed by atoms with van der Waals surface area (Å²) >= 11 is -5.23. The Morgan fingerprint density at radius 3 is 2.38 bits per heavy atom. The Labute approximate surface area is 184 Å². The number of aromatic nitrogens is 1. The molecule has 1 heterocycles. The molecule has 0 aliphatic rings. The fourth-order valence-electron chi connectivity index (χ4n) is 3.04. The van der Waals surface area contributed by atoms with Crippen LogP contribution in [0.15, 0.2) is 66.9 Å². The number of hydrogen-bond donors (Lipinski definition) is 3. The molecule has 168 valence electrons. The fraction of sp³-hybridized carbons (Fsp3) is 0.143. The standard InChI is InChI=1S/C21H19AsF3N3O4/c1-14(29)27-19-7-3-2-6-18(19)22(30,31)28(32)13-15-8-10-16(11-9-15)20-17(21(23,24)25)5-4-12-26-20/h2-12,32H,13H2,1H3,(H,27,29)(H,30,31). The van der Waals surface area contributed by atoms with Gasteiger partial charge in [0.25, 0.3) is 0 Å². The number of rotatable bonds is 6. The van der Waals surface area contributed by atoms with Gasteiger partial charge in [-0.25, -0.2) is 0 Å². The molecule has 3 rings (SSSR count). The summed E-state index contributed by atoms with van der Waals surface area (Å²) in [5.41, 5.74) is -0.426. The first kappa shape index (κ1) is 23.7. The molecule has 1 unspecified atom stereocenters. The summed E-state index contributed by atoms with van der Waals surface area (Å²) in [7, 11) is 0. The Morgan fingerprint density at radius 2 is 1.75 bits per heavy atom. The van der Waals surface area contributed by atoms with Crippen molar-refractivity contribution in [3.63, 3.8) is 0 Å². The van der Waals surface area contributed by atoms with Gasteiger partial charge >= 0.3 is 184 Å². The van der Waals surface area contributed by atoms with Gasteiger partial charge in [-0.2, -0.15) is 0 Å². The number of pyridine rings is 1. The zero-order valence-electron chi connectivity index (χ0n) is 16.7. The van der Waals surface area contributed by atoms with Gasteiger partial charge in [0.2, 0.25) is 0 Å². The molecule has 1 amide bonds. The number of halogens is 3. The second-order valence-corrected chi connectivity index (χ2v) is 11.1. The molecular weight excluding hydrogens is 490 g/mol. The molecule has 0 saturated carbocycles. The summed E-state index contributed by atoms with van der Waals surface area (Å²) < 4.78 is 63.4. The van der Waals surface area contributed by atoms with Gasteiger partial charge in [-0.05, 0) is 0 Å². The van der Waals surface area contributed by atoms with E-state index in [0.29, 0.717) is 9.54 Å². The minimum absolute atomic E-state index is 0.106. The van der Waals surface area contributed by atoms with Crippen molar-refractivity contribution in [2.45, 2.75) is 19.6 Å². The quantitative estimate of drug-likeness (QED) is 0.349. The van der Waals surface area contributed by atoms with Crippen LogP contribution >= 0.6 is 0 Å². The van der Waals surface area contributed by atoms with Crippen LogP contribution in [0.1, 0.15) is 18.1 Å². The van der Waals surface area contributed by atoms with Crippen LogP contribution < -0.4 is 9.67 Å². The zero-order chi connectivity index (χ0) is 23.5. The maximum atomic E-state index is 13.2. The average molecular weight is 509 g/mol. The first-order valence-electron chi connectivity index (χ1n) is 9.28. The molecule has 0 fully saturated rings. The molecular formula is C21H19AsF3N3O4. The van der Waals surface area contributed by atoms with Gasteiger partial charge in [0.15, 0.2) is 0 Å². The Hall–Kier alpha value is -2.91.